The van der Waals surface area contributed by atoms with Gasteiger partial charge in [0.1, 0.15) is 29.0 Å². The van der Waals surface area contributed by atoms with Crippen molar-refractivity contribution in [2.75, 3.05) is 50.6 Å². The number of amides is 1. The van der Waals surface area contributed by atoms with Gasteiger partial charge in [0.2, 0.25) is 5.88 Å². The van der Waals surface area contributed by atoms with Gasteiger partial charge < -0.3 is 35.1 Å². The van der Waals surface area contributed by atoms with E-state index in [4.69, 9.17) is 24.9 Å². The monoisotopic (exact) mass is 631 g/mol. The van der Waals surface area contributed by atoms with Crippen molar-refractivity contribution in [3.05, 3.63) is 29.1 Å². The number of ether oxygens (including phenoxy) is 3. The number of aromatic nitrogens is 3. The Morgan fingerprint density at radius 1 is 1.20 bits per heavy atom. The van der Waals surface area contributed by atoms with E-state index in [-0.39, 0.29) is 65.4 Å². The van der Waals surface area contributed by atoms with Crippen LogP contribution in [0.1, 0.15) is 37.3 Å². The Morgan fingerprint density at radius 3 is 2.71 bits per heavy atom. The molecule has 1 aromatic carbocycles. The van der Waals surface area contributed by atoms with E-state index in [2.05, 4.69) is 20.2 Å². The van der Waals surface area contributed by atoms with Crippen LogP contribution in [0.25, 0.3) is 22.2 Å². The van der Waals surface area contributed by atoms with Crippen LogP contribution in [0.3, 0.4) is 0 Å². The van der Waals surface area contributed by atoms with Crippen molar-refractivity contribution in [2.45, 2.75) is 57.4 Å². The second-order valence-electron chi connectivity index (χ2n) is 12.7. The van der Waals surface area contributed by atoms with Crippen molar-refractivity contribution < 1.29 is 36.6 Å². The van der Waals surface area contributed by atoms with Gasteiger partial charge in [0.05, 0.1) is 19.3 Å². The van der Waals surface area contributed by atoms with Gasteiger partial charge in [-0.05, 0) is 37.5 Å². The highest BCUT2D eigenvalue weighted by atomic mass is 19.4. The Bertz CT molecular complexity index is 1700. The van der Waals surface area contributed by atoms with Crippen molar-refractivity contribution in [1.82, 2.24) is 25.2 Å². The zero-order valence-corrected chi connectivity index (χ0v) is 25.0. The summed E-state index contributed by atoms with van der Waals surface area (Å²) >= 11 is 0. The van der Waals surface area contributed by atoms with Gasteiger partial charge in [-0.25, -0.2) is 14.2 Å². The number of nitrogens with one attached hydrogen (secondary N) is 1. The molecule has 0 unspecified atom stereocenters. The third kappa shape index (κ3) is 5.00. The van der Waals surface area contributed by atoms with Gasteiger partial charge >= 0.3 is 18.3 Å². The number of likely N-dealkylation sites (tertiary alicyclic amines) is 1. The van der Waals surface area contributed by atoms with E-state index in [1.54, 1.807) is 0 Å². The summed E-state index contributed by atoms with van der Waals surface area (Å²) in [7, 11) is 1.31. The van der Waals surface area contributed by atoms with Gasteiger partial charge in [-0.3, -0.25) is 0 Å². The molecule has 45 heavy (non-hydrogen) atoms. The number of methoxy groups -OCH3 is 1. The summed E-state index contributed by atoms with van der Waals surface area (Å²) in [5, 5.41) is 3.81. The molecular weight excluding hydrogens is 598 g/mol. The zero-order chi connectivity index (χ0) is 31.8. The number of fused-ring (bicyclic) bond motifs is 5. The number of aryl methyl sites for hydroxylation is 1. The van der Waals surface area contributed by atoms with Crippen LogP contribution in [0, 0.1) is 18.2 Å². The van der Waals surface area contributed by atoms with Crippen LogP contribution in [0.15, 0.2) is 12.1 Å². The number of carbonyl (C=O) groups excluding carboxylic acids is 1. The number of nitrogen functional groups attached to an aromatic ring is 1. The van der Waals surface area contributed by atoms with Gasteiger partial charge in [-0.15, -0.1) is 0 Å². The van der Waals surface area contributed by atoms with E-state index in [1.165, 1.54) is 25.0 Å². The highest BCUT2D eigenvalue weighted by Crippen LogP contribution is 2.46. The maximum Gasteiger partial charge on any atom is 0.417 e. The Labute approximate surface area is 256 Å². The largest absolute Gasteiger partial charge is 0.477 e. The molecule has 6 heterocycles. The van der Waals surface area contributed by atoms with Crippen LogP contribution in [0.2, 0.25) is 0 Å². The Morgan fingerprint density at radius 2 is 1.98 bits per heavy atom. The van der Waals surface area contributed by atoms with Gasteiger partial charge in [0, 0.05) is 60.8 Å². The van der Waals surface area contributed by atoms with Gasteiger partial charge in [-0.1, -0.05) is 6.92 Å². The minimum Gasteiger partial charge on any atom is -0.477 e. The molecule has 2 bridgehead atoms. The van der Waals surface area contributed by atoms with Crippen molar-refractivity contribution in [3.8, 4) is 23.1 Å². The molecule has 15 heteroatoms. The smallest absolute Gasteiger partial charge is 0.417 e. The quantitative estimate of drug-likeness (QED) is 0.318. The minimum atomic E-state index is -4.81. The molecule has 0 aliphatic carbocycles. The first kappa shape index (κ1) is 29.6. The second kappa shape index (κ2) is 10.5. The van der Waals surface area contributed by atoms with Gasteiger partial charge in [0.15, 0.2) is 5.82 Å². The highest BCUT2D eigenvalue weighted by Gasteiger charge is 2.45. The van der Waals surface area contributed by atoms with Crippen LogP contribution in [-0.4, -0.2) is 84.0 Å². The number of anilines is 2. The Hall–Kier alpha value is -4.14. The molecule has 3 atom stereocenters. The standard InChI is InChI=1S/C30H33F4N7O4/c1-14-8-15(35)9-17(21(14)30(32,33)34)23-22(31)24-20-25(39-27(38-24)45-13-29(2)11-40(12-29)28(42)43-3)41-10-16-4-5-18(36-16)19(41)6-7-44-26(20)37-23/h8-9,16,18-19,36H,4-7,10-13,35H2,1-3H3/t16-,18+,19-/m1/s1. The van der Waals surface area contributed by atoms with E-state index >= 15 is 4.39 Å². The molecule has 0 saturated carbocycles. The third-order valence-corrected chi connectivity index (χ3v) is 9.22. The third-order valence-electron chi connectivity index (χ3n) is 9.22. The normalized spacial score (nSPS) is 23.5. The lowest BCUT2D eigenvalue weighted by Gasteiger charge is -2.46. The number of halogens is 4. The lowest BCUT2D eigenvalue weighted by Crippen LogP contribution is -2.59. The van der Waals surface area contributed by atoms with E-state index in [0.717, 1.165) is 18.9 Å². The summed E-state index contributed by atoms with van der Waals surface area (Å²) in [4.78, 5) is 29.0. The van der Waals surface area contributed by atoms with Crippen LogP contribution in [0.5, 0.6) is 11.9 Å². The summed E-state index contributed by atoms with van der Waals surface area (Å²) in [6.07, 6.45) is -2.73. The average Bonchev–Trinajstić information content (AvgIpc) is 3.35. The molecule has 11 nitrogen and oxygen atoms in total. The maximum atomic E-state index is 16.7. The lowest BCUT2D eigenvalue weighted by molar-refractivity contribution is -0.137. The van der Waals surface area contributed by atoms with Crippen LogP contribution in [0.4, 0.5) is 33.9 Å². The first-order valence-electron chi connectivity index (χ1n) is 14.9. The molecule has 0 radical (unpaired) electrons. The SMILES string of the molecule is COC(=O)N1CC(C)(COc2nc3c4c(nc(-c5cc(N)cc(C)c5C(F)(F)F)c(F)c4n2)OCC[C@@H]2[C@@H]4CC[C@H](CN32)N4)C1. The molecule has 1 amide bonds. The molecule has 0 spiro atoms. The number of nitrogens with two attached hydrogens (primary N) is 1. The molecule has 4 aliphatic heterocycles. The number of alkyl halides is 3. The molecule has 240 valence electrons. The number of hydrogen-bond acceptors (Lipinski definition) is 10. The molecule has 3 fully saturated rings. The first-order valence-corrected chi connectivity index (χ1v) is 14.9. The van der Waals surface area contributed by atoms with Gasteiger partial charge in [-0.2, -0.15) is 23.1 Å². The summed E-state index contributed by atoms with van der Waals surface area (Å²) < 4.78 is 76.5. The number of benzene rings is 1. The molecule has 4 aliphatic rings. The van der Waals surface area contributed by atoms with E-state index in [1.807, 2.05) is 6.92 Å². The number of nitrogens with zero attached hydrogens (tertiary/aromatic N) is 5. The van der Waals surface area contributed by atoms with Crippen molar-refractivity contribution in [1.29, 1.82) is 0 Å². The fourth-order valence-corrected chi connectivity index (χ4v) is 7.26. The van der Waals surface area contributed by atoms with E-state index in [0.29, 0.717) is 31.9 Å². The van der Waals surface area contributed by atoms with Crippen molar-refractivity contribution in [3.63, 3.8) is 0 Å². The summed E-state index contributed by atoms with van der Waals surface area (Å²) in [5.74, 6) is -0.760. The van der Waals surface area contributed by atoms with Crippen LogP contribution in [-0.2, 0) is 10.9 Å². The van der Waals surface area contributed by atoms with E-state index < -0.39 is 40.3 Å². The molecule has 7 rings (SSSR count). The maximum absolute atomic E-state index is 16.7. The zero-order valence-electron chi connectivity index (χ0n) is 25.0. The summed E-state index contributed by atoms with van der Waals surface area (Å²) in [6, 6.07) is 2.47. The number of piperazine rings is 1. The summed E-state index contributed by atoms with van der Waals surface area (Å²) in [6.45, 7) is 4.85. The highest BCUT2D eigenvalue weighted by molar-refractivity contribution is 5.97. The van der Waals surface area contributed by atoms with Gasteiger partial charge in [0.25, 0.3) is 0 Å². The predicted octanol–water partition coefficient (Wildman–Crippen LogP) is 4.30. The summed E-state index contributed by atoms with van der Waals surface area (Å²) in [5.41, 5.74) is 2.99. The minimum absolute atomic E-state index is 0.0169. The number of pyridine rings is 1. The topological polar surface area (TPSA) is 128 Å². The average molecular weight is 632 g/mol. The van der Waals surface area contributed by atoms with Crippen LogP contribution < -0.4 is 25.4 Å². The first-order chi connectivity index (χ1) is 21.3. The lowest BCUT2D eigenvalue weighted by atomic mass is 9.83. The molecule has 3 N–H and O–H groups in total. The van der Waals surface area contributed by atoms with Crippen molar-refractivity contribution in [2.24, 2.45) is 5.41 Å². The fourth-order valence-electron chi connectivity index (χ4n) is 7.26. The van der Waals surface area contributed by atoms with E-state index in [9.17, 15) is 18.0 Å². The molecule has 3 saturated heterocycles. The number of rotatable bonds is 4. The molecular formula is C30H33F4N7O4. The van der Waals surface area contributed by atoms with Crippen LogP contribution >= 0.6 is 0 Å². The molecule has 2 aromatic heterocycles. The predicted molar refractivity (Wildman–Crippen MR) is 156 cm³/mol. The van der Waals surface area contributed by atoms with Crippen molar-refractivity contribution >= 4 is 28.5 Å². The molecule has 3 aromatic rings. The Kier molecular flexibility index (Phi) is 6.87. The second-order valence-corrected chi connectivity index (χ2v) is 12.7. The number of carbonyl (C=O) groups is 1. The Balaban J connectivity index is 1.38. The number of hydrogen-bond donors (Lipinski definition) is 2. The fraction of sp³-hybridized carbons (Fsp3) is 0.533.